The van der Waals surface area contributed by atoms with Crippen molar-refractivity contribution in [2.24, 2.45) is 16.7 Å². The molecule has 15 heavy (non-hydrogen) atoms. The van der Waals surface area contributed by atoms with Crippen molar-refractivity contribution in [3.8, 4) is 0 Å². The van der Waals surface area contributed by atoms with Crippen LogP contribution < -0.4 is 0 Å². The van der Waals surface area contributed by atoms with E-state index in [-0.39, 0.29) is 0 Å². The molecule has 0 radical (unpaired) electrons. The molecule has 2 rings (SSSR count). The van der Waals surface area contributed by atoms with Crippen LogP contribution in [-0.2, 0) is 0 Å². The summed E-state index contributed by atoms with van der Waals surface area (Å²) >= 11 is 0. The van der Waals surface area contributed by atoms with E-state index in [0.29, 0.717) is 10.8 Å². The molecule has 0 nitrogen and oxygen atoms in total. The van der Waals surface area contributed by atoms with Crippen molar-refractivity contribution in [2.75, 3.05) is 0 Å². The standard InChI is InChI=1S/C15H24/c1-6-15(5)11(2)14(3,4)12-9-7-8-10-13(12)15/h7,9,11H,6,8,10H2,1-5H3. The average molecular weight is 204 g/mol. The maximum Gasteiger partial charge on any atom is -0.00700 e. The van der Waals surface area contributed by atoms with Gasteiger partial charge in [0, 0.05) is 0 Å². The quantitative estimate of drug-likeness (QED) is 0.579. The molecule has 0 fully saturated rings. The minimum Gasteiger partial charge on any atom is -0.0839 e. The maximum atomic E-state index is 2.47. The summed E-state index contributed by atoms with van der Waals surface area (Å²) in [5, 5.41) is 0. The Balaban J connectivity index is 2.55. The molecule has 0 aromatic rings. The van der Waals surface area contributed by atoms with E-state index in [2.05, 4.69) is 46.8 Å². The summed E-state index contributed by atoms with van der Waals surface area (Å²) < 4.78 is 0. The van der Waals surface area contributed by atoms with E-state index in [1.165, 1.54) is 19.3 Å². The third-order valence-electron chi connectivity index (χ3n) is 5.33. The smallest absolute Gasteiger partial charge is 0.00700 e. The summed E-state index contributed by atoms with van der Waals surface area (Å²) in [6.45, 7) is 12.1. The minimum atomic E-state index is 0.372. The van der Waals surface area contributed by atoms with Gasteiger partial charge in [-0.05, 0) is 41.6 Å². The Morgan fingerprint density at radius 2 is 2.00 bits per heavy atom. The molecule has 0 bridgehead atoms. The molecule has 0 spiro atoms. The monoisotopic (exact) mass is 204 g/mol. The van der Waals surface area contributed by atoms with Crippen LogP contribution in [0.25, 0.3) is 0 Å². The molecular weight excluding hydrogens is 180 g/mol. The topological polar surface area (TPSA) is 0 Å². The van der Waals surface area contributed by atoms with Crippen molar-refractivity contribution >= 4 is 0 Å². The summed E-state index contributed by atoms with van der Waals surface area (Å²) in [7, 11) is 0. The van der Waals surface area contributed by atoms with Gasteiger partial charge >= 0.3 is 0 Å². The Labute approximate surface area is 94.5 Å². The molecule has 2 aliphatic rings. The predicted molar refractivity (Wildman–Crippen MR) is 66.7 cm³/mol. The Kier molecular flexibility index (Phi) is 2.37. The highest BCUT2D eigenvalue weighted by atomic mass is 14.5. The first kappa shape index (κ1) is 11.0. The van der Waals surface area contributed by atoms with Gasteiger partial charge in [-0.15, -0.1) is 0 Å². The number of hydrogen-bond acceptors (Lipinski definition) is 0. The van der Waals surface area contributed by atoms with Crippen molar-refractivity contribution in [3.63, 3.8) is 0 Å². The predicted octanol–water partition coefficient (Wildman–Crippen LogP) is 4.73. The van der Waals surface area contributed by atoms with Crippen LogP contribution in [0.5, 0.6) is 0 Å². The minimum absolute atomic E-state index is 0.372. The van der Waals surface area contributed by atoms with Crippen LogP contribution >= 0.6 is 0 Å². The Morgan fingerprint density at radius 1 is 1.33 bits per heavy atom. The van der Waals surface area contributed by atoms with E-state index in [1.54, 1.807) is 11.1 Å². The SMILES string of the molecule is CCC1(C)C2=C(C=CCC2)C(C)(C)C1C. The van der Waals surface area contributed by atoms with Crippen LogP contribution in [-0.4, -0.2) is 0 Å². The first-order valence-electron chi connectivity index (χ1n) is 6.35. The molecule has 0 saturated heterocycles. The van der Waals surface area contributed by atoms with Gasteiger partial charge in [-0.2, -0.15) is 0 Å². The van der Waals surface area contributed by atoms with Crippen molar-refractivity contribution < 1.29 is 0 Å². The van der Waals surface area contributed by atoms with Gasteiger partial charge in [0.2, 0.25) is 0 Å². The molecule has 84 valence electrons. The summed E-state index contributed by atoms with van der Waals surface area (Å²) in [6, 6.07) is 0. The Hall–Kier alpha value is -0.520. The molecule has 0 saturated carbocycles. The van der Waals surface area contributed by atoms with Crippen molar-refractivity contribution in [3.05, 3.63) is 23.3 Å². The molecule has 2 unspecified atom stereocenters. The Bertz CT molecular complexity index is 330. The van der Waals surface area contributed by atoms with Gasteiger partial charge in [-0.25, -0.2) is 0 Å². The van der Waals surface area contributed by atoms with Gasteiger partial charge in [0.15, 0.2) is 0 Å². The molecule has 2 aliphatic carbocycles. The molecule has 0 heteroatoms. The fourth-order valence-electron chi connectivity index (χ4n) is 3.67. The van der Waals surface area contributed by atoms with Gasteiger partial charge in [-0.3, -0.25) is 0 Å². The molecule has 0 N–H and O–H groups in total. The Morgan fingerprint density at radius 3 is 2.60 bits per heavy atom. The van der Waals surface area contributed by atoms with Gasteiger partial charge in [0.1, 0.15) is 0 Å². The third-order valence-corrected chi connectivity index (χ3v) is 5.33. The lowest BCUT2D eigenvalue weighted by atomic mass is 9.67. The lowest BCUT2D eigenvalue weighted by Gasteiger charge is -2.37. The lowest BCUT2D eigenvalue weighted by molar-refractivity contribution is 0.166. The number of allylic oxidation sites excluding steroid dienone is 4. The van der Waals surface area contributed by atoms with Crippen LogP contribution in [0.1, 0.15) is 53.9 Å². The van der Waals surface area contributed by atoms with Gasteiger partial charge in [0.25, 0.3) is 0 Å². The highest BCUT2D eigenvalue weighted by Crippen LogP contribution is 2.60. The molecule has 0 aliphatic heterocycles. The first-order valence-corrected chi connectivity index (χ1v) is 6.35. The van der Waals surface area contributed by atoms with E-state index in [1.807, 2.05) is 0 Å². The molecule has 0 aromatic heterocycles. The van der Waals surface area contributed by atoms with Crippen molar-refractivity contribution in [1.82, 2.24) is 0 Å². The fourth-order valence-corrected chi connectivity index (χ4v) is 3.67. The summed E-state index contributed by atoms with van der Waals surface area (Å²) in [5.41, 5.74) is 4.22. The first-order chi connectivity index (χ1) is 6.94. The number of hydrogen-bond donors (Lipinski definition) is 0. The highest BCUT2D eigenvalue weighted by Gasteiger charge is 2.50. The second kappa shape index (κ2) is 3.23. The van der Waals surface area contributed by atoms with Crippen LogP contribution in [0, 0.1) is 16.7 Å². The molecule has 0 amide bonds. The van der Waals surface area contributed by atoms with Gasteiger partial charge < -0.3 is 0 Å². The van der Waals surface area contributed by atoms with Crippen LogP contribution in [0.3, 0.4) is 0 Å². The lowest BCUT2D eigenvalue weighted by Crippen LogP contribution is -2.29. The summed E-state index contributed by atoms with van der Waals surface area (Å²) in [4.78, 5) is 0. The average Bonchev–Trinajstić information content (AvgIpc) is 2.40. The van der Waals surface area contributed by atoms with Gasteiger partial charge in [0.05, 0.1) is 0 Å². The van der Waals surface area contributed by atoms with Crippen molar-refractivity contribution in [2.45, 2.75) is 53.9 Å². The molecule has 2 atom stereocenters. The van der Waals surface area contributed by atoms with E-state index in [9.17, 15) is 0 Å². The van der Waals surface area contributed by atoms with Crippen LogP contribution in [0.2, 0.25) is 0 Å². The molecule has 0 aromatic carbocycles. The van der Waals surface area contributed by atoms with E-state index in [0.717, 1.165) is 5.92 Å². The second-order valence-electron chi connectivity index (χ2n) is 6.05. The van der Waals surface area contributed by atoms with Crippen LogP contribution in [0.15, 0.2) is 23.3 Å². The van der Waals surface area contributed by atoms with Gasteiger partial charge in [-0.1, -0.05) is 52.3 Å². The van der Waals surface area contributed by atoms with Crippen LogP contribution in [0.4, 0.5) is 0 Å². The number of rotatable bonds is 1. The van der Waals surface area contributed by atoms with E-state index < -0.39 is 0 Å². The molecular formula is C15H24. The molecule has 0 heterocycles. The largest absolute Gasteiger partial charge is 0.0839 e. The fraction of sp³-hybridized carbons (Fsp3) is 0.733. The highest BCUT2D eigenvalue weighted by molar-refractivity contribution is 5.44. The van der Waals surface area contributed by atoms with E-state index in [4.69, 9.17) is 0 Å². The zero-order valence-electron chi connectivity index (χ0n) is 10.9. The summed E-state index contributed by atoms with van der Waals surface area (Å²) in [6.07, 6.45) is 8.58. The van der Waals surface area contributed by atoms with E-state index >= 15 is 0 Å². The zero-order chi connectivity index (χ0) is 11.3. The second-order valence-corrected chi connectivity index (χ2v) is 6.05. The van der Waals surface area contributed by atoms with Crippen molar-refractivity contribution in [1.29, 1.82) is 0 Å². The normalized spacial score (nSPS) is 38.3. The zero-order valence-corrected chi connectivity index (χ0v) is 10.9. The third kappa shape index (κ3) is 1.26. The maximum absolute atomic E-state index is 2.47. The summed E-state index contributed by atoms with van der Waals surface area (Å²) in [5.74, 6) is 0.766.